The summed E-state index contributed by atoms with van der Waals surface area (Å²) in [5, 5.41) is 0.889. The first-order valence-corrected chi connectivity index (χ1v) is 50.7. The maximum Gasteiger partial charge on any atom is 0.416 e. The molecule has 6 aromatic carbocycles. The van der Waals surface area contributed by atoms with E-state index in [0.717, 1.165) is 84.0 Å². The molecule has 139 heavy (non-hydrogen) atoms. The highest BCUT2D eigenvalue weighted by Gasteiger charge is 2.43. The lowest BCUT2D eigenvalue weighted by Gasteiger charge is -2.30. The number of aryl methyl sites for hydroxylation is 5. The minimum absolute atomic E-state index is 0.0576. The SMILES string of the molecule is CC(C)(C)CC(Cc1cc(C(F)(F)F)cc(C(F)(F)F)c1)C(=O)C(C)(C)C.CC(C)(C)CC(Cc1cc(Cl)c(N)c(Cl)c1)C(=O)C(C)(C)C.CC(C)(C)CC(Cc1cccc(C(F)(F)F)c1)C(=O)C(C)(C)C.COc1c(C)cc(CC(CC(C)(C)C)C(=O)C(C)(C)C)cc1C.Cc1cc(CC(CC(C)(C)C)C(=O)C(C)(C)C)cc(Br)c1C.Cc1cc(CC(CC(C)(C)C)C(=O)C(C)(C)C)cc(C)c1C. The Labute approximate surface area is 853 Å². The highest BCUT2D eigenvalue weighted by atomic mass is 79.9. The summed E-state index contributed by atoms with van der Waals surface area (Å²) in [5.41, 5.74) is 14.5. The molecule has 20 heteroatoms. The predicted octanol–water partition coefficient (Wildman–Crippen LogP) is 36.3. The van der Waals surface area contributed by atoms with Gasteiger partial charge in [-0.2, -0.15) is 39.5 Å². The molecule has 8 nitrogen and oxygen atoms in total. The quantitative estimate of drug-likeness (QED) is 0.0442. The molecule has 6 atom stereocenters. The topological polar surface area (TPSA) is 138 Å². The van der Waals surface area contributed by atoms with E-state index in [2.05, 4.69) is 184 Å². The zero-order valence-electron chi connectivity index (χ0n) is 93.6. The number of rotatable bonds is 25. The second kappa shape index (κ2) is 50.5. The first-order chi connectivity index (χ1) is 61.8. The third kappa shape index (κ3) is 48.3. The van der Waals surface area contributed by atoms with Crippen LogP contribution in [0.1, 0.15) is 377 Å². The van der Waals surface area contributed by atoms with Gasteiger partial charge in [-0.25, -0.2) is 0 Å². The lowest BCUT2D eigenvalue weighted by Crippen LogP contribution is -2.32. The second-order valence-corrected chi connectivity index (χ2v) is 54.6. The van der Waals surface area contributed by atoms with Crippen molar-refractivity contribution in [3.8, 4) is 5.75 Å². The van der Waals surface area contributed by atoms with E-state index in [4.69, 9.17) is 33.7 Å². The van der Waals surface area contributed by atoms with Crippen molar-refractivity contribution in [1.29, 1.82) is 0 Å². The lowest BCUT2D eigenvalue weighted by molar-refractivity contribution is -0.143. The lowest BCUT2D eigenvalue weighted by atomic mass is 9.73. The van der Waals surface area contributed by atoms with Gasteiger partial charge in [0.25, 0.3) is 0 Å². The van der Waals surface area contributed by atoms with E-state index in [9.17, 15) is 68.3 Å². The first-order valence-electron chi connectivity index (χ1n) is 49.2. The molecule has 0 radical (unpaired) electrons. The standard InChI is InChI=1S/C21H34O2.C21H34O.C20H31BrO.C20H26F6O.C19H27F3O.C18H27Cl2NO/c1-14-10-16(11-15(2)18(14)23-9)12-17(13-20(3,4)5)19(22)21(6,7)8;1-14-10-17(11-15(2)16(14)3)12-18(13-20(4,5)6)19(22)21(7,8)9;1-13-9-15(11-17(21)14(13)2)10-16(12-19(3,4)5)18(22)20(6,7)8;1-17(2,3)11-13(16(27)18(4,5)6)7-12-8-14(19(21,22)23)10-15(9-12)20(24,25)26;1-17(2,3)12-14(16(23)18(4,5)6)10-13-8-7-9-15(11-13)19(20,21)22;1-17(2,3)10-12(16(22)18(4,5)6)7-11-8-13(19)15(21)14(20)9-11/h10-11,17H,12-13H2,1-9H3;10-11,18H,12-13H2,1-9H3;9,11,16H,10,12H2,1-8H3;8-10,13H,7,11H2,1-6H3;7-9,11,14H,10,12H2,1-6H3;8-9,12H,7,10,21H2,1-6H3. The van der Waals surface area contributed by atoms with E-state index in [-0.39, 0.29) is 119 Å². The van der Waals surface area contributed by atoms with Gasteiger partial charge in [-0.1, -0.05) is 337 Å². The van der Waals surface area contributed by atoms with Crippen LogP contribution in [0.15, 0.2) is 95.5 Å². The number of methoxy groups -OCH3 is 1. The van der Waals surface area contributed by atoms with E-state index in [0.29, 0.717) is 76.5 Å². The zero-order chi connectivity index (χ0) is 109. The van der Waals surface area contributed by atoms with Gasteiger partial charge in [0.15, 0.2) is 0 Å². The Bertz CT molecular complexity index is 4690. The Morgan fingerprint density at radius 2 is 0.489 bits per heavy atom. The van der Waals surface area contributed by atoms with E-state index < -0.39 is 52.0 Å². The highest BCUT2D eigenvalue weighted by molar-refractivity contribution is 9.10. The first kappa shape index (κ1) is 130. The number of carbonyl (C=O) groups is 6. The van der Waals surface area contributed by atoms with Crippen LogP contribution >= 0.6 is 39.1 Å². The Morgan fingerprint density at radius 3 is 0.705 bits per heavy atom. The molecule has 0 saturated heterocycles. The van der Waals surface area contributed by atoms with Crippen LogP contribution in [0.2, 0.25) is 10.0 Å². The summed E-state index contributed by atoms with van der Waals surface area (Å²) in [6.07, 6.45) is -6.25. The normalized spacial score (nSPS) is 14.3. The van der Waals surface area contributed by atoms with Crippen molar-refractivity contribution < 1.29 is 73.0 Å². The van der Waals surface area contributed by atoms with Gasteiger partial charge in [0.2, 0.25) is 0 Å². The van der Waals surface area contributed by atoms with Gasteiger partial charge in [-0.3, -0.25) is 28.8 Å². The van der Waals surface area contributed by atoms with Crippen LogP contribution in [0.25, 0.3) is 0 Å². The Hall–Kier alpha value is -6.63. The molecular weight excluding hydrogens is 1880 g/mol. The molecule has 0 bridgehead atoms. The zero-order valence-corrected chi connectivity index (χ0v) is 96.7. The third-order valence-electron chi connectivity index (χ3n) is 24.1. The smallest absolute Gasteiger partial charge is 0.416 e. The summed E-state index contributed by atoms with van der Waals surface area (Å²) in [4.78, 5) is 76.9. The molecule has 0 aliphatic rings. The molecular formula is C119H179BrCl2F9NO7. The predicted molar refractivity (Wildman–Crippen MR) is 570 cm³/mol. The van der Waals surface area contributed by atoms with Gasteiger partial charge in [0, 0.05) is 72.5 Å². The number of Topliss-reactive ketones (excluding diaryl/α,β-unsaturated/α-hetero) is 6. The molecule has 0 heterocycles. The number of nitrogen functional groups attached to an aromatic ring is 1. The Kier molecular flexibility index (Phi) is 47.3. The number of ether oxygens (including phenoxy) is 1. The van der Waals surface area contributed by atoms with Crippen molar-refractivity contribution >= 4 is 79.5 Å². The van der Waals surface area contributed by atoms with Crippen LogP contribution in [0.3, 0.4) is 0 Å². The summed E-state index contributed by atoms with van der Waals surface area (Å²) >= 11 is 15.9. The molecule has 6 aromatic rings. The third-order valence-corrected chi connectivity index (χ3v) is 25.6. The van der Waals surface area contributed by atoms with Crippen LogP contribution in [0, 0.1) is 149 Å². The number of alkyl halides is 9. The van der Waals surface area contributed by atoms with Crippen molar-refractivity contribution in [3.05, 3.63) is 195 Å². The van der Waals surface area contributed by atoms with E-state index >= 15 is 0 Å². The molecule has 0 amide bonds. The molecule has 6 rings (SSSR count). The van der Waals surface area contributed by atoms with Crippen molar-refractivity contribution in [1.82, 2.24) is 0 Å². The molecule has 0 fully saturated rings. The summed E-state index contributed by atoms with van der Waals surface area (Å²) in [6, 6.07) is 23.7. The van der Waals surface area contributed by atoms with Crippen LogP contribution < -0.4 is 10.5 Å². The number of carbonyl (C=O) groups excluding carboxylic acids is 6. The van der Waals surface area contributed by atoms with Crippen molar-refractivity contribution in [3.63, 3.8) is 0 Å². The van der Waals surface area contributed by atoms with Gasteiger partial charge < -0.3 is 10.5 Å². The number of halogens is 12. The number of nitrogens with two attached hydrogens (primary N) is 1. The molecule has 0 spiro atoms. The minimum atomic E-state index is -4.90. The summed E-state index contributed by atoms with van der Waals surface area (Å²) in [6.45, 7) is 87.9. The minimum Gasteiger partial charge on any atom is -0.496 e. The number of ketones is 6. The van der Waals surface area contributed by atoms with Crippen LogP contribution in [-0.4, -0.2) is 41.8 Å². The van der Waals surface area contributed by atoms with Gasteiger partial charge in [0.1, 0.15) is 40.4 Å². The molecule has 786 valence electrons. The summed E-state index contributed by atoms with van der Waals surface area (Å²) in [5.74, 6) is 1.48. The fourth-order valence-corrected chi connectivity index (χ4v) is 19.0. The van der Waals surface area contributed by atoms with Crippen LogP contribution in [0.4, 0.5) is 45.2 Å². The van der Waals surface area contributed by atoms with Gasteiger partial charge in [-0.15, -0.1) is 0 Å². The van der Waals surface area contributed by atoms with Gasteiger partial charge >= 0.3 is 18.5 Å². The summed E-state index contributed by atoms with van der Waals surface area (Å²) in [7, 11) is 1.71. The van der Waals surface area contributed by atoms with Crippen LogP contribution in [-0.2, 0) is 85.8 Å². The van der Waals surface area contributed by atoms with Crippen molar-refractivity contribution in [2.75, 3.05) is 12.8 Å². The molecule has 0 saturated carbocycles. The van der Waals surface area contributed by atoms with Crippen molar-refractivity contribution in [2.45, 2.75) is 393 Å². The largest absolute Gasteiger partial charge is 0.496 e. The maximum atomic E-state index is 13.1. The molecule has 6 unspecified atom stereocenters. The number of hydrogen-bond donors (Lipinski definition) is 1. The maximum absolute atomic E-state index is 13.1. The monoisotopic (exact) mass is 2050 g/mol. The fraction of sp³-hybridized carbons (Fsp3) is 0.647. The highest BCUT2D eigenvalue weighted by Crippen LogP contribution is 2.45. The van der Waals surface area contributed by atoms with Crippen molar-refractivity contribution in [2.24, 2.45) is 100 Å². The Morgan fingerprint density at radius 1 is 0.288 bits per heavy atom. The van der Waals surface area contributed by atoms with E-state index in [1.54, 1.807) is 33.9 Å². The molecule has 2 N–H and O–H groups in total. The fourth-order valence-electron chi connectivity index (χ4n) is 17.9. The van der Waals surface area contributed by atoms with Gasteiger partial charge in [0.05, 0.1) is 39.5 Å². The molecule has 0 aliphatic heterocycles. The van der Waals surface area contributed by atoms with E-state index in [1.165, 1.54) is 50.6 Å². The molecule has 0 aromatic heterocycles. The number of anilines is 1. The molecule has 0 aliphatic carbocycles. The van der Waals surface area contributed by atoms with Gasteiger partial charge in [-0.05, 0) is 273 Å². The summed E-state index contributed by atoms with van der Waals surface area (Å²) < 4.78 is 124. The number of hydrogen-bond acceptors (Lipinski definition) is 8. The van der Waals surface area contributed by atoms with Crippen LogP contribution in [0.5, 0.6) is 5.75 Å². The Balaban J connectivity index is 0.000000835. The second-order valence-electron chi connectivity index (χ2n) is 52.9. The number of benzene rings is 6. The van der Waals surface area contributed by atoms with E-state index in [1.807, 2.05) is 158 Å². The average molecular weight is 2060 g/mol. The average Bonchev–Trinajstić information content (AvgIpc) is 0.815.